The van der Waals surface area contributed by atoms with Crippen LogP contribution in [0.2, 0.25) is 0 Å². The minimum atomic E-state index is -0.437. The number of anilines is 1. The number of carbonyl (C=O) groups is 1. The van der Waals surface area contributed by atoms with Crippen LogP contribution in [-0.2, 0) is 0 Å². The second-order valence-electron chi connectivity index (χ2n) is 2.93. The number of rotatable bonds is 2. The van der Waals surface area contributed by atoms with Crippen LogP contribution >= 0.6 is 27.3 Å². The van der Waals surface area contributed by atoms with Gasteiger partial charge in [0.25, 0.3) is 5.91 Å². The summed E-state index contributed by atoms with van der Waals surface area (Å²) < 4.78 is 13.7. The maximum Gasteiger partial charge on any atom is 0.257 e. The number of hydrogen-bond donors (Lipinski definition) is 1. The number of hydrogen-bond acceptors (Lipinski definition) is 3. The van der Waals surface area contributed by atoms with Gasteiger partial charge in [-0.3, -0.25) is 10.1 Å². The van der Waals surface area contributed by atoms with Gasteiger partial charge in [-0.1, -0.05) is 17.4 Å². The van der Waals surface area contributed by atoms with E-state index in [9.17, 15) is 9.18 Å². The van der Waals surface area contributed by atoms with Gasteiger partial charge < -0.3 is 0 Å². The zero-order chi connectivity index (χ0) is 11.5. The van der Waals surface area contributed by atoms with Gasteiger partial charge in [-0.25, -0.2) is 9.37 Å². The Hall–Kier alpha value is -1.27. The Morgan fingerprint density at radius 1 is 1.50 bits per heavy atom. The molecule has 6 heteroatoms. The number of carbonyl (C=O) groups excluding carboxylic acids is 1. The summed E-state index contributed by atoms with van der Waals surface area (Å²) in [7, 11) is 0. The molecule has 2 rings (SSSR count). The van der Waals surface area contributed by atoms with Gasteiger partial charge in [0.1, 0.15) is 5.82 Å². The molecule has 1 aromatic carbocycles. The predicted molar refractivity (Wildman–Crippen MR) is 64.2 cm³/mol. The van der Waals surface area contributed by atoms with Crippen molar-refractivity contribution in [3.63, 3.8) is 0 Å². The number of benzene rings is 1. The summed E-state index contributed by atoms with van der Waals surface area (Å²) in [6, 6.07) is 5.50. The lowest BCUT2D eigenvalue weighted by atomic mass is 10.2. The maximum atomic E-state index is 12.9. The fourth-order valence-electron chi connectivity index (χ4n) is 1.11. The summed E-state index contributed by atoms with van der Waals surface area (Å²) >= 11 is 4.53. The predicted octanol–water partition coefficient (Wildman–Crippen LogP) is 3.30. The van der Waals surface area contributed by atoms with Crippen LogP contribution in [-0.4, -0.2) is 10.9 Å². The van der Waals surface area contributed by atoms with Crippen LogP contribution in [0.4, 0.5) is 9.52 Å². The Kier molecular flexibility index (Phi) is 3.31. The van der Waals surface area contributed by atoms with Crippen LogP contribution in [0.15, 0.2) is 34.2 Å². The standard InChI is InChI=1S/C10H6BrFN2OS/c11-8-5-13-10(16-8)14-9(15)6-2-1-3-7(12)4-6/h1-5H,(H,13,14,15). The molecule has 0 spiro atoms. The monoisotopic (exact) mass is 300 g/mol. The molecule has 0 atom stereocenters. The molecule has 0 aliphatic rings. The molecule has 0 bridgehead atoms. The largest absolute Gasteiger partial charge is 0.298 e. The Morgan fingerprint density at radius 3 is 2.94 bits per heavy atom. The number of nitrogens with one attached hydrogen (secondary N) is 1. The van der Waals surface area contributed by atoms with E-state index >= 15 is 0 Å². The Labute approximate surface area is 103 Å². The van der Waals surface area contributed by atoms with E-state index < -0.39 is 5.82 Å². The van der Waals surface area contributed by atoms with E-state index in [-0.39, 0.29) is 11.5 Å². The third-order valence-corrected chi connectivity index (χ3v) is 3.18. The summed E-state index contributed by atoms with van der Waals surface area (Å²) in [5, 5.41) is 3.05. The van der Waals surface area contributed by atoms with Crippen molar-refractivity contribution < 1.29 is 9.18 Å². The fourth-order valence-corrected chi connectivity index (χ4v) is 2.21. The first-order valence-corrected chi connectivity index (χ1v) is 5.94. The molecule has 0 fully saturated rings. The van der Waals surface area contributed by atoms with Crippen molar-refractivity contribution in [2.45, 2.75) is 0 Å². The topological polar surface area (TPSA) is 42.0 Å². The summed E-state index contributed by atoms with van der Waals surface area (Å²) in [5.41, 5.74) is 0.270. The van der Waals surface area contributed by atoms with Gasteiger partial charge in [0.2, 0.25) is 0 Å². The van der Waals surface area contributed by atoms with Gasteiger partial charge in [0.05, 0.1) is 9.98 Å². The van der Waals surface area contributed by atoms with Crippen molar-refractivity contribution in [1.82, 2.24) is 4.98 Å². The molecule has 0 radical (unpaired) electrons. The first-order chi connectivity index (χ1) is 7.65. The van der Waals surface area contributed by atoms with Gasteiger partial charge in [-0.2, -0.15) is 0 Å². The van der Waals surface area contributed by atoms with E-state index in [1.165, 1.54) is 29.5 Å². The van der Waals surface area contributed by atoms with E-state index in [0.717, 1.165) is 3.79 Å². The second-order valence-corrected chi connectivity index (χ2v) is 5.34. The van der Waals surface area contributed by atoms with Crippen LogP contribution in [0.25, 0.3) is 0 Å². The van der Waals surface area contributed by atoms with E-state index in [0.29, 0.717) is 5.13 Å². The first-order valence-electron chi connectivity index (χ1n) is 4.33. The van der Waals surface area contributed by atoms with Gasteiger partial charge in [0, 0.05) is 5.56 Å². The highest BCUT2D eigenvalue weighted by atomic mass is 79.9. The van der Waals surface area contributed by atoms with Crippen molar-refractivity contribution >= 4 is 38.3 Å². The van der Waals surface area contributed by atoms with E-state index in [2.05, 4.69) is 26.2 Å². The van der Waals surface area contributed by atoms with Crippen LogP contribution in [0, 0.1) is 5.82 Å². The van der Waals surface area contributed by atoms with Crippen molar-refractivity contribution in [2.75, 3.05) is 5.32 Å². The lowest BCUT2D eigenvalue weighted by Gasteiger charge is -2.00. The maximum absolute atomic E-state index is 12.9. The fraction of sp³-hybridized carbons (Fsp3) is 0. The average Bonchev–Trinajstić information content (AvgIpc) is 2.64. The lowest BCUT2D eigenvalue weighted by molar-refractivity contribution is 0.102. The normalized spacial score (nSPS) is 10.1. The molecule has 0 aliphatic carbocycles. The second kappa shape index (κ2) is 4.71. The molecular weight excluding hydrogens is 295 g/mol. The van der Waals surface area contributed by atoms with Crippen molar-refractivity contribution in [2.24, 2.45) is 0 Å². The number of aromatic nitrogens is 1. The van der Waals surface area contributed by atoms with Crippen molar-refractivity contribution in [3.8, 4) is 0 Å². The van der Waals surface area contributed by atoms with Crippen molar-refractivity contribution in [3.05, 3.63) is 45.6 Å². The molecule has 1 amide bonds. The molecule has 0 unspecified atom stereocenters. The third-order valence-electron chi connectivity index (χ3n) is 1.78. The molecule has 0 saturated carbocycles. The van der Waals surface area contributed by atoms with E-state index in [4.69, 9.17) is 0 Å². The highest BCUT2D eigenvalue weighted by Gasteiger charge is 2.08. The lowest BCUT2D eigenvalue weighted by Crippen LogP contribution is -2.11. The molecule has 0 saturated heterocycles. The summed E-state index contributed by atoms with van der Waals surface area (Å²) in [4.78, 5) is 15.6. The summed E-state index contributed by atoms with van der Waals surface area (Å²) in [6.45, 7) is 0. The van der Waals surface area contributed by atoms with Crippen LogP contribution in [0.3, 0.4) is 0 Å². The molecule has 82 valence electrons. The smallest absolute Gasteiger partial charge is 0.257 e. The molecule has 0 aliphatic heterocycles. The van der Waals surface area contributed by atoms with Crippen molar-refractivity contribution in [1.29, 1.82) is 0 Å². The van der Waals surface area contributed by atoms with E-state index in [1.54, 1.807) is 12.3 Å². The Bertz CT molecular complexity index is 529. The molecule has 3 nitrogen and oxygen atoms in total. The highest BCUT2D eigenvalue weighted by molar-refractivity contribution is 9.11. The van der Waals surface area contributed by atoms with Gasteiger partial charge >= 0.3 is 0 Å². The number of thiazole rings is 1. The molecular formula is C10H6BrFN2OS. The zero-order valence-corrected chi connectivity index (χ0v) is 10.3. The van der Waals surface area contributed by atoms with Crippen LogP contribution < -0.4 is 5.32 Å². The zero-order valence-electron chi connectivity index (χ0n) is 7.91. The van der Waals surface area contributed by atoms with Gasteiger partial charge in [-0.05, 0) is 34.1 Å². The van der Waals surface area contributed by atoms with Crippen LogP contribution in [0.1, 0.15) is 10.4 Å². The summed E-state index contributed by atoms with van der Waals surface area (Å²) in [5.74, 6) is -0.811. The highest BCUT2D eigenvalue weighted by Crippen LogP contribution is 2.23. The quantitative estimate of drug-likeness (QED) is 0.924. The summed E-state index contributed by atoms with van der Waals surface area (Å²) in [6.07, 6.45) is 1.59. The van der Waals surface area contributed by atoms with Gasteiger partial charge in [-0.15, -0.1) is 0 Å². The molecule has 1 aromatic heterocycles. The van der Waals surface area contributed by atoms with E-state index in [1.807, 2.05) is 0 Å². The SMILES string of the molecule is O=C(Nc1ncc(Br)s1)c1cccc(F)c1. The number of amides is 1. The number of halogens is 2. The Balaban J connectivity index is 2.14. The molecule has 16 heavy (non-hydrogen) atoms. The minimum absolute atomic E-state index is 0.270. The average molecular weight is 301 g/mol. The minimum Gasteiger partial charge on any atom is -0.298 e. The first kappa shape index (κ1) is 11.2. The van der Waals surface area contributed by atoms with Crippen LogP contribution in [0.5, 0.6) is 0 Å². The molecule has 1 N–H and O–H groups in total. The molecule has 2 aromatic rings. The molecule has 1 heterocycles. The Morgan fingerprint density at radius 2 is 2.31 bits per heavy atom. The number of nitrogens with zero attached hydrogens (tertiary/aromatic N) is 1. The third kappa shape index (κ3) is 2.65. The van der Waals surface area contributed by atoms with Gasteiger partial charge in [0.15, 0.2) is 5.13 Å².